The van der Waals surface area contributed by atoms with E-state index < -0.39 is 0 Å². The maximum Gasteiger partial charge on any atom is 0.224 e. The van der Waals surface area contributed by atoms with Crippen molar-refractivity contribution in [3.8, 4) is 5.75 Å². The Balaban J connectivity index is 2.24. The lowest BCUT2D eigenvalue weighted by Gasteiger charge is -2.12. The fourth-order valence-corrected chi connectivity index (χ4v) is 2.86. The third-order valence-corrected chi connectivity index (χ3v) is 4.56. The van der Waals surface area contributed by atoms with Gasteiger partial charge >= 0.3 is 0 Å². The molecule has 0 aliphatic carbocycles. The highest BCUT2D eigenvalue weighted by atomic mass is 79.9. The Morgan fingerprint density at radius 3 is 2.95 bits per heavy atom. The summed E-state index contributed by atoms with van der Waals surface area (Å²) in [6, 6.07) is 9.06. The summed E-state index contributed by atoms with van der Waals surface area (Å²) in [6.45, 7) is 2.61. The largest absolute Gasteiger partial charge is 0.618 e. The van der Waals surface area contributed by atoms with E-state index >= 15 is 0 Å². The van der Waals surface area contributed by atoms with Crippen LogP contribution in [-0.4, -0.2) is 6.61 Å². The molecule has 21 heavy (non-hydrogen) atoms. The maximum atomic E-state index is 12.1. The molecule has 0 bridgehead atoms. The molecule has 3 nitrogen and oxygen atoms in total. The molecule has 2 heterocycles. The summed E-state index contributed by atoms with van der Waals surface area (Å²) >= 11 is 9.58. The van der Waals surface area contributed by atoms with Gasteiger partial charge in [-0.3, -0.25) is 0 Å². The summed E-state index contributed by atoms with van der Waals surface area (Å²) in [5.41, 5.74) is 2.33. The molecule has 1 unspecified atom stereocenters. The zero-order valence-corrected chi connectivity index (χ0v) is 13.7. The summed E-state index contributed by atoms with van der Waals surface area (Å²) in [5, 5.41) is 12.7. The lowest BCUT2D eigenvalue weighted by molar-refractivity contribution is -0.607. The van der Waals surface area contributed by atoms with E-state index in [1.165, 1.54) is 6.20 Å². The van der Waals surface area contributed by atoms with E-state index in [-0.39, 0.29) is 5.92 Å². The van der Waals surface area contributed by atoms with E-state index in [1.807, 2.05) is 18.2 Å². The van der Waals surface area contributed by atoms with E-state index in [4.69, 9.17) is 16.3 Å². The van der Waals surface area contributed by atoms with Gasteiger partial charge in [-0.15, -0.1) is 0 Å². The van der Waals surface area contributed by atoms with Crippen LogP contribution < -0.4 is 9.47 Å². The summed E-state index contributed by atoms with van der Waals surface area (Å²) in [6.07, 6.45) is 3.56. The van der Waals surface area contributed by atoms with E-state index in [9.17, 15) is 5.21 Å². The number of hydrogen-bond acceptors (Lipinski definition) is 2. The highest BCUT2D eigenvalue weighted by Gasteiger charge is 2.23. The van der Waals surface area contributed by atoms with Crippen LogP contribution in [0, 0.1) is 11.1 Å². The zero-order valence-electron chi connectivity index (χ0n) is 11.3. The lowest BCUT2D eigenvalue weighted by Crippen LogP contribution is -2.30. The molecule has 0 saturated carbocycles. The van der Waals surface area contributed by atoms with Gasteiger partial charge in [0.15, 0.2) is 6.20 Å². The fraction of sp³-hybridized carbons (Fsp3) is 0.188. The first kappa shape index (κ1) is 14.4. The molecule has 0 fully saturated rings. The first-order valence-electron chi connectivity index (χ1n) is 6.59. The number of pyridine rings is 1. The normalized spacial score (nSPS) is 17.5. The van der Waals surface area contributed by atoms with Crippen LogP contribution in [-0.2, 0) is 0 Å². The molecule has 2 aromatic rings. The van der Waals surface area contributed by atoms with Crippen molar-refractivity contribution >= 4 is 33.1 Å². The Kier molecular flexibility index (Phi) is 3.91. The van der Waals surface area contributed by atoms with Crippen molar-refractivity contribution in [2.45, 2.75) is 6.92 Å². The molecule has 1 atom stereocenters. The maximum absolute atomic E-state index is 12.1. The van der Waals surface area contributed by atoms with E-state index in [0.29, 0.717) is 23.1 Å². The SMILES string of the molecule is CC1C=C(c2cccc[n+]2[O-])c2cc(Br)c(Cl)cc2OC1. The Morgan fingerprint density at radius 1 is 1.38 bits per heavy atom. The number of halogens is 2. The molecule has 0 spiro atoms. The number of benzene rings is 1. The first-order chi connectivity index (χ1) is 10.1. The van der Waals surface area contributed by atoms with Gasteiger partial charge in [-0.2, -0.15) is 4.73 Å². The topological polar surface area (TPSA) is 36.2 Å². The third kappa shape index (κ3) is 2.78. The molecule has 0 amide bonds. The second-order valence-corrected chi connectivity index (χ2v) is 6.30. The van der Waals surface area contributed by atoms with E-state index in [0.717, 1.165) is 20.3 Å². The van der Waals surface area contributed by atoms with Gasteiger partial charge < -0.3 is 9.94 Å². The molecule has 108 valence electrons. The van der Waals surface area contributed by atoms with Crippen molar-refractivity contribution in [1.82, 2.24) is 0 Å². The van der Waals surface area contributed by atoms with Gasteiger partial charge in [-0.05, 0) is 28.1 Å². The van der Waals surface area contributed by atoms with E-state index in [1.54, 1.807) is 12.1 Å². The Bertz CT molecular complexity index is 730. The van der Waals surface area contributed by atoms with E-state index in [2.05, 4.69) is 28.9 Å². The van der Waals surface area contributed by atoms with Crippen LogP contribution in [0.1, 0.15) is 18.2 Å². The van der Waals surface area contributed by atoms with Crippen LogP contribution in [0.25, 0.3) is 5.57 Å². The van der Waals surface area contributed by atoms with Gasteiger partial charge in [-0.25, -0.2) is 0 Å². The predicted molar refractivity (Wildman–Crippen MR) is 86.3 cm³/mol. The predicted octanol–water partition coefficient (Wildman–Crippen LogP) is 4.20. The Labute approximate surface area is 136 Å². The monoisotopic (exact) mass is 365 g/mol. The average molecular weight is 367 g/mol. The summed E-state index contributed by atoms with van der Waals surface area (Å²) in [4.78, 5) is 0. The van der Waals surface area contributed by atoms with Crippen LogP contribution in [0.15, 0.2) is 47.1 Å². The molecule has 0 N–H and O–H groups in total. The summed E-state index contributed by atoms with van der Waals surface area (Å²) in [5.74, 6) is 0.896. The Morgan fingerprint density at radius 2 is 2.19 bits per heavy atom. The number of fused-ring (bicyclic) bond motifs is 1. The van der Waals surface area contributed by atoms with Crippen molar-refractivity contribution in [2.75, 3.05) is 6.61 Å². The third-order valence-electron chi connectivity index (χ3n) is 3.37. The smallest absolute Gasteiger partial charge is 0.224 e. The molecule has 5 heteroatoms. The number of ether oxygens (including phenoxy) is 1. The molecule has 1 aliphatic rings. The van der Waals surface area contributed by atoms with Gasteiger partial charge in [0.05, 0.1) is 17.2 Å². The second-order valence-electron chi connectivity index (χ2n) is 5.04. The standard InChI is InChI=1S/C16H13BrClNO2/c1-10-6-11(15-4-2-3-5-19(15)20)12-7-13(17)14(18)8-16(12)21-9-10/h2-8,10H,9H2,1H3. The molecule has 1 aliphatic heterocycles. The van der Waals surface area contributed by atoms with Crippen molar-refractivity contribution in [3.63, 3.8) is 0 Å². The summed E-state index contributed by atoms with van der Waals surface area (Å²) in [7, 11) is 0. The van der Waals surface area contributed by atoms with Gasteiger partial charge in [0.25, 0.3) is 0 Å². The van der Waals surface area contributed by atoms with Crippen molar-refractivity contribution in [3.05, 3.63) is 68.6 Å². The van der Waals surface area contributed by atoms with Gasteiger partial charge in [0, 0.05) is 34.2 Å². The van der Waals surface area contributed by atoms with Crippen LogP contribution in [0.5, 0.6) is 5.75 Å². The number of rotatable bonds is 1. The highest BCUT2D eigenvalue weighted by molar-refractivity contribution is 9.10. The molecule has 1 aromatic carbocycles. The van der Waals surface area contributed by atoms with Crippen LogP contribution in [0.4, 0.5) is 0 Å². The minimum Gasteiger partial charge on any atom is -0.618 e. The minimum atomic E-state index is 0.199. The van der Waals surface area contributed by atoms with Gasteiger partial charge in [0.2, 0.25) is 5.69 Å². The lowest BCUT2D eigenvalue weighted by atomic mass is 9.98. The molecule has 0 radical (unpaired) electrons. The summed E-state index contributed by atoms with van der Waals surface area (Å²) < 4.78 is 7.47. The minimum absolute atomic E-state index is 0.199. The molecule has 3 rings (SSSR count). The molecule has 0 saturated heterocycles. The van der Waals surface area contributed by atoms with Crippen molar-refractivity contribution in [1.29, 1.82) is 0 Å². The molecular formula is C16H13BrClNO2. The van der Waals surface area contributed by atoms with Gasteiger partial charge in [-0.1, -0.05) is 24.6 Å². The van der Waals surface area contributed by atoms with Crippen LogP contribution in [0.3, 0.4) is 0 Å². The van der Waals surface area contributed by atoms with Crippen molar-refractivity contribution < 1.29 is 9.47 Å². The quantitative estimate of drug-likeness (QED) is 0.560. The Hall–Kier alpha value is -1.52. The fourth-order valence-electron chi connectivity index (χ4n) is 2.36. The number of nitrogens with zero attached hydrogens (tertiary/aromatic N) is 1. The van der Waals surface area contributed by atoms with Crippen molar-refractivity contribution in [2.24, 2.45) is 5.92 Å². The average Bonchev–Trinajstić information content (AvgIpc) is 2.61. The molecular weight excluding hydrogens is 354 g/mol. The highest BCUT2D eigenvalue weighted by Crippen LogP contribution is 2.38. The second kappa shape index (κ2) is 5.70. The zero-order chi connectivity index (χ0) is 15.0. The van der Waals surface area contributed by atoms with Gasteiger partial charge in [0.1, 0.15) is 5.75 Å². The first-order valence-corrected chi connectivity index (χ1v) is 7.76. The van der Waals surface area contributed by atoms with Crippen LogP contribution >= 0.6 is 27.5 Å². The number of hydrogen-bond donors (Lipinski definition) is 0. The number of aromatic nitrogens is 1. The van der Waals surface area contributed by atoms with Crippen LogP contribution in [0.2, 0.25) is 5.02 Å². The molecule has 1 aromatic heterocycles.